The highest BCUT2D eigenvalue weighted by molar-refractivity contribution is 5.92. The van der Waals surface area contributed by atoms with E-state index < -0.39 is 23.6 Å². The number of halogens is 1. The number of anilines is 1. The number of hydrogen-bond acceptors (Lipinski definition) is 5. The van der Waals surface area contributed by atoms with E-state index in [-0.39, 0.29) is 16.5 Å². The normalized spacial score (nSPS) is 28.5. The van der Waals surface area contributed by atoms with E-state index in [9.17, 15) is 19.1 Å². The molecule has 3 fully saturated rings. The number of carboxylic acid groups (broad SMARTS) is 1. The third-order valence-corrected chi connectivity index (χ3v) is 6.28. The minimum atomic E-state index is -1.31. The Morgan fingerprint density at radius 3 is 2.74 bits per heavy atom. The first-order chi connectivity index (χ1) is 12.9. The molecule has 7 nitrogen and oxygen atoms in total. The SMILES string of the molecule is NC1([C@@H]2CCN(c3ccc4c(=O)c(C(=O)O)cn([C@@H]5C[C@H]5F)c4n3)C2)CC1. The Morgan fingerprint density at radius 1 is 1.37 bits per heavy atom. The van der Waals surface area contributed by atoms with E-state index in [1.54, 1.807) is 12.1 Å². The number of rotatable bonds is 4. The van der Waals surface area contributed by atoms with Crippen molar-refractivity contribution in [2.24, 2.45) is 11.7 Å². The van der Waals surface area contributed by atoms with Gasteiger partial charge in [-0.15, -0.1) is 0 Å². The number of aromatic carboxylic acids is 1. The zero-order valence-electron chi connectivity index (χ0n) is 14.8. The number of pyridine rings is 2. The number of fused-ring (bicyclic) bond motifs is 1. The fourth-order valence-electron chi connectivity index (χ4n) is 4.23. The molecule has 1 saturated heterocycles. The van der Waals surface area contributed by atoms with Crippen molar-refractivity contribution in [2.75, 3.05) is 18.0 Å². The molecule has 2 aromatic heterocycles. The second-order valence-electron chi connectivity index (χ2n) is 8.11. The molecule has 2 saturated carbocycles. The standard InChI is InChI=1S/C19H21FN4O3/c20-13-7-14(13)24-9-12(18(26)27)16(25)11-1-2-15(22-17(11)24)23-6-3-10(8-23)19(21)4-5-19/h1-2,9-10,13-14H,3-8,21H2,(H,26,27)/t10-,13-,14-/m1/s1. The van der Waals surface area contributed by atoms with Crippen molar-refractivity contribution in [3.63, 3.8) is 0 Å². The van der Waals surface area contributed by atoms with Gasteiger partial charge in [0.1, 0.15) is 23.2 Å². The van der Waals surface area contributed by atoms with Crippen molar-refractivity contribution in [3.05, 3.63) is 34.1 Å². The highest BCUT2D eigenvalue weighted by atomic mass is 19.1. The van der Waals surface area contributed by atoms with Gasteiger partial charge in [-0.25, -0.2) is 14.2 Å². The Hall–Kier alpha value is -2.48. The van der Waals surface area contributed by atoms with Crippen LogP contribution in [0.4, 0.5) is 10.2 Å². The molecule has 3 N–H and O–H groups in total. The van der Waals surface area contributed by atoms with Crippen molar-refractivity contribution >= 4 is 22.8 Å². The topological polar surface area (TPSA) is 101 Å². The van der Waals surface area contributed by atoms with E-state index in [4.69, 9.17) is 5.73 Å². The largest absolute Gasteiger partial charge is 0.477 e. The van der Waals surface area contributed by atoms with Gasteiger partial charge in [-0.1, -0.05) is 0 Å². The number of nitrogens with two attached hydrogens (primary N) is 1. The molecule has 1 aliphatic heterocycles. The Labute approximate surface area is 154 Å². The van der Waals surface area contributed by atoms with Crippen LogP contribution in [0.5, 0.6) is 0 Å². The van der Waals surface area contributed by atoms with E-state index >= 15 is 0 Å². The summed E-state index contributed by atoms with van der Waals surface area (Å²) in [5, 5.41) is 9.52. The lowest BCUT2D eigenvalue weighted by Crippen LogP contribution is -2.34. The molecule has 0 bridgehead atoms. The highest BCUT2D eigenvalue weighted by Crippen LogP contribution is 2.44. The molecule has 2 aromatic rings. The molecule has 3 atom stereocenters. The summed E-state index contributed by atoms with van der Waals surface area (Å²) in [6, 6.07) is 2.90. The molecule has 2 aliphatic carbocycles. The van der Waals surface area contributed by atoms with Crippen molar-refractivity contribution < 1.29 is 14.3 Å². The summed E-state index contributed by atoms with van der Waals surface area (Å²) in [5.41, 5.74) is 5.72. The van der Waals surface area contributed by atoms with Crippen LogP contribution in [-0.4, -0.2) is 45.4 Å². The monoisotopic (exact) mass is 372 g/mol. The number of nitrogens with zero attached hydrogens (tertiary/aromatic N) is 3. The third-order valence-electron chi connectivity index (χ3n) is 6.28. The first-order valence-corrected chi connectivity index (χ1v) is 9.34. The van der Waals surface area contributed by atoms with Gasteiger partial charge in [-0.2, -0.15) is 0 Å². The fourth-order valence-corrected chi connectivity index (χ4v) is 4.23. The quantitative estimate of drug-likeness (QED) is 0.847. The van der Waals surface area contributed by atoms with Gasteiger partial charge < -0.3 is 20.3 Å². The lowest BCUT2D eigenvalue weighted by molar-refractivity contribution is 0.0694. The Morgan fingerprint density at radius 2 is 2.11 bits per heavy atom. The van der Waals surface area contributed by atoms with Crippen LogP contribution < -0.4 is 16.1 Å². The van der Waals surface area contributed by atoms with E-state index in [0.717, 1.165) is 38.2 Å². The van der Waals surface area contributed by atoms with Crippen LogP contribution in [0, 0.1) is 5.92 Å². The van der Waals surface area contributed by atoms with Gasteiger partial charge in [-0.3, -0.25) is 4.79 Å². The summed E-state index contributed by atoms with van der Waals surface area (Å²) in [6.45, 7) is 1.66. The molecule has 0 spiro atoms. The van der Waals surface area contributed by atoms with E-state index in [2.05, 4.69) is 9.88 Å². The van der Waals surface area contributed by atoms with Crippen molar-refractivity contribution in [1.29, 1.82) is 0 Å². The zero-order chi connectivity index (χ0) is 18.9. The van der Waals surface area contributed by atoms with E-state index in [0.29, 0.717) is 18.0 Å². The molecule has 8 heteroatoms. The molecule has 3 aliphatic rings. The molecule has 0 radical (unpaired) electrons. The molecular formula is C19H21FN4O3. The summed E-state index contributed by atoms with van der Waals surface area (Å²) in [7, 11) is 0. The third kappa shape index (κ3) is 2.62. The lowest BCUT2D eigenvalue weighted by Gasteiger charge is -2.21. The molecule has 27 heavy (non-hydrogen) atoms. The van der Waals surface area contributed by atoms with Crippen LogP contribution in [0.3, 0.4) is 0 Å². The molecule has 0 amide bonds. The summed E-state index contributed by atoms with van der Waals surface area (Å²) in [6.07, 6.45) is 3.65. The van der Waals surface area contributed by atoms with Crippen LogP contribution in [0.1, 0.15) is 42.1 Å². The van der Waals surface area contributed by atoms with Crippen LogP contribution in [0.2, 0.25) is 0 Å². The second kappa shape index (κ2) is 5.51. The number of carboxylic acids is 1. The first-order valence-electron chi connectivity index (χ1n) is 9.34. The Balaban J connectivity index is 1.58. The van der Waals surface area contributed by atoms with Gasteiger partial charge >= 0.3 is 5.97 Å². The number of aromatic nitrogens is 2. The molecule has 0 unspecified atom stereocenters. The van der Waals surface area contributed by atoms with Gasteiger partial charge in [0, 0.05) is 31.2 Å². The maximum atomic E-state index is 13.7. The van der Waals surface area contributed by atoms with Gasteiger partial charge in [0.2, 0.25) is 5.43 Å². The second-order valence-corrected chi connectivity index (χ2v) is 8.11. The first kappa shape index (κ1) is 16.7. The molecular weight excluding hydrogens is 351 g/mol. The van der Waals surface area contributed by atoms with Crippen molar-refractivity contribution in [3.8, 4) is 0 Å². The molecule has 3 heterocycles. The number of alkyl halides is 1. The molecule has 142 valence electrons. The van der Waals surface area contributed by atoms with Crippen LogP contribution >= 0.6 is 0 Å². The van der Waals surface area contributed by atoms with Crippen molar-refractivity contribution in [2.45, 2.75) is 43.4 Å². The average molecular weight is 372 g/mol. The Bertz CT molecular complexity index is 1020. The predicted molar refractivity (Wildman–Crippen MR) is 98.0 cm³/mol. The smallest absolute Gasteiger partial charge is 0.341 e. The maximum absolute atomic E-state index is 13.7. The van der Waals surface area contributed by atoms with Gasteiger partial charge in [0.25, 0.3) is 0 Å². The Kier molecular flexibility index (Phi) is 3.40. The van der Waals surface area contributed by atoms with E-state index in [1.165, 1.54) is 10.8 Å². The lowest BCUT2D eigenvalue weighted by atomic mass is 9.98. The zero-order valence-corrected chi connectivity index (χ0v) is 14.8. The molecule has 0 aromatic carbocycles. The van der Waals surface area contributed by atoms with Crippen molar-refractivity contribution in [1.82, 2.24) is 9.55 Å². The van der Waals surface area contributed by atoms with Gasteiger partial charge in [-0.05, 0) is 37.3 Å². The number of hydrogen-bond donors (Lipinski definition) is 2. The molecule has 5 rings (SSSR count). The summed E-state index contributed by atoms with van der Waals surface area (Å²) in [4.78, 5) is 30.7. The fraction of sp³-hybridized carbons (Fsp3) is 0.526. The average Bonchev–Trinajstić information content (AvgIpc) is 3.50. The maximum Gasteiger partial charge on any atom is 0.341 e. The number of carbonyl (C=O) groups is 1. The van der Waals surface area contributed by atoms with Gasteiger partial charge in [0.15, 0.2) is 0 Å². The summed E-state index contributed by atoms with van der Waals surface area (Å²) < 4.78 is 15.2. The minimum absolute atomic E-state index is 0.0421. The van der Waals surface area contributed by atoms with Crippen LogP contribution in [-0.2, 0) is 0 Å². The summed E-state index contributed by atoms with van der Waals surface area (Å²) in [5.74, 6) is -0.150. The van der Waals surface area contributed by atoms with Gasteiger partial charge in [0.05, 0.1) is 11.4 Å². The van der Waals surface area contributed by atoms with Crippen LogP contribution in [0.25, 0.3) is 11.0 Å². The minimum Gasteiger partial charge on any atom is -0.477 e. The highest BCUT2D eigenvalue weighted by Gasteiger charge is 2.48. The summed E-state index contributed by atoms with van der Waals surface area (Å²) >= 11 is 0. The van der Waals surface area contributed by atoms with E-state index in [1.807, 2.05) is 0 Å². The predicted octanol–water partition coefficient (Wildman–Crippen LogP) is 1.70. The van der Waals surface area contributed by atoms with Crippen LogP contribution in [0.15, 0.2) is 23.1 Å².